The van der Waals surface area contributed by atoms with Gasteiger partial charge >= 0.3 is 0 Å². The minimum Gasteiger partial charge on any atom is -0.313 e. The molecule has 3 heteroatoms. The second-order valence-corrected chi connectivity index (χ2v) is 7.82. The molecule has 0 amide bonds. The molecule has 1 nitrogen and oxygen atoms in total. The van der Waals surface area contributed by atoms with Crippen LogP contribution in [0.5, 0.6) is 0 Å². The minimum atomic E-state index is 0.626. The van der Waals surface area contributed by atoms with Crippen LogP contribution >= 0.6 is 23.1 Å². The summed E-state index contributed by atoms with van der Waals surface area (Å²) in [7, 11) is 0. The van der Waals surface area contributed by atoms with E-state index < -0.39 is 0 Å². The molecule has 104 valence electrons. The van der Waals surface area contributed by atoms with Gasteiger partial charge < -0.3 is 5.32 Å². The number of hydrogen-bond acceptors (Lipinski definition) is 3. The Morgan fingerprint density at radius 2 is 1.94 bits per heavy atom. The van der Waals surface area contributed by atoms with E-state index in [2.05, 4.69) is 56.9 Å². The molecule has 1 unspecified atom stereocenters. The molecule has 0 aliphatic heterocycles. The van der Waals surface area contributed by atoms with E-state index in [4.69, 9.17) is 0 Å². The van der Waals surface area contributed by atoms with Gasteiger partial charge in [0.1, 0.15) is 0 Å². The second-order valence-electron chi connectivity index (χ2n) is 4.96. The first-order chi connectivity index (χ1) is 8.65. The molecule has 1 heterocycles. The van der Waals surface area contributed by atoms with Gasteiger partial charge in [-0.05, 0) is 43.2 Å². The van der Waals surface area contributed by atoms with Crippen molar-refractivity contribution < 1.29 is 0 Å². The lowest BCUT2D eigenvalue weighted by Crippen LogP contribution is -2.34. The lowest BCUT2D eigenvalue weighted by atomic mass is 10.2. The van der Waals surface area contributed by atoms with Crippen LogP contribution in [0.4, 0.5) is 0 Å². The third-order valence-corrected chi connectivity index (χ3v) is 5.34. The minimum absolute atomic E-state index is 0.626. The van der Waals surface area contributed by atoms with Gasteiger partial charge in [0.05, 0.1) is 0 Å². The largest absolute Gasteiger partial charge is 0.313 e. The molecule has 1 aromatic heterocycles. The molecule has 0 aromatic carbocycles. The average molecular weight is 286 g/mol. The molecule has 18 heavy (non-hydrogen) atoms. The summed E-state index contributed by atoms with van der Waals surface area (Å²) < 4.78 is 0. The first-order valence-corrected chi connectivity index (χ1v) is 8.94. The van der Waals surface area contributed by atoms with Crippen LogP contribution in [0, 0.1) is 0 Å². The molecule has 0 aliphatic rings. The Kier molecular flexibility index (Phi) is 8.03. The van der Waals surface area contributed by atoms with Crippen molar-refractivity contribution in [3.8, 4) is 0 Å². The maximum atomic E-state index is 3.69. The first-order valence-electron chi connectivity index (χ1n) is 7.08. The van der Waals surface area contributed by atoms with Crippen LogP contribution in [0.1, 0.15) is 43.9 Å². The quantitative estimate of drug-likeness (QED) is 0.723. The summed E-state index contributed by atoms with van der Waals surface area (Å²) >= 11 is 4.04. The SMILES string of the molecule is CCCNC(CSC(C)C)Cc1ccc(CC)s1. The van der Waals surface area contributed by atoms with Crippen LogP contribution in [0.3, 0.4) is 0 Å². The van der Waals surface area contributed by atoms with Crippen molar-refractivity contribution in [2.24, 2.45) is 0 Å². The lowest BCUT2D eigenvalue weighted by molar-refractivity contribution is 0.553. The topological polar surface area (TPSA) is 12.0 Å². The lowest BCUT2D eigenvalue weighted by Gasteiger charge is -2.18. The Balaban J connectivity index is 2.47. The van der Waals surface area contributed by atoms with E-state index in [-0.39, 0.29) is 0 Å². The summed E-state index contributed by atoms with van der Waals surface area (Å²) in [6.45, 7) is 10.2. The van der Waals surface area contributed by atoms with Gasteiger partial charge in [0.2, 0.25) is 0 Å². The number of thioether (sulfide) groups is 1. The van der Waals surface area contributed by atoms with Crippen molar-refractivity contribution in [3.63, 3.8) is 0 Å². The highest BCUT2D eigenvalue weighted by molar-refractivity contribution is 7.99. The van der Waals surface area contributed by atoms with Crippen LogP contribution in [0.15, 0.2) is 12.1 Å². The predicted molar refractivity (Wildman–Crippen MR) is 87.1 cm³/mol. The second kappa shape index (κ2) is 9.00. The Labute approximate surface area is 121 Å². The zero-order chi connectivity index (χ0) is 13.4. The van der Waals surface area contributed by atoms with Crippen LogP contribution < -0.4 is 5.32 Å². The van der Waals surface area contributed by atoms with Gasteiger partial charge in [0, 0.05) is 21.5 Å². The molecule has 0 saturated heterocycles. The monoisotopic (exact) mass is 285 g/mol. The van der Waals surface area contributed by atoms with Crippen molar-refractivity contribution in [3.05, 3.63) is 21.9 Å². The Hall–Kier alpha value is 0.01000. The van der Waals surface area contributed by atoms with E-state index in [0.717, 1.165) is 11.8 Å². The first kappa shape index (κ1) is 16.1. The molecule has 0 bridgehead atoms. The molecule has 0 spiro atoms. The number of nitrogens with one attached hydrogen (secondary N) is 1. The normalized spacial score (nSPS) is 13.2. The molecular weight excluding hydrogens is 258 g/mol. The van der Waals surface area contributed by atoms with E-state index in [0.29, 0.717) is 6.04 Å². The molecular formula is C15H27NS2. The fourth-order valence-electron chi connectivity index (χ4n) is 1.81. The Bertz CT molecular complexity index is 320. The summed E-state index contributed by atoms with van der Waals surface area (Å²) in [5.74, 6) is 1.22. The van der Waals surface area contributed by atoms with Gasteiger partial charge in [-0.2, -0.15) is 11.8 Å². The van der Waals surface area contributed by atoms with Gasteiger partial charge in [-0.25, -0.2) is 0 Å². The standard InChI is InChI=1S/C15H27NS2/c1-5-9-16-13(11-17-12(3)4)10-15-8-7-14(6-2)18-15/h7-8,12-13,16H,5-6,9-11H2,1-4H3. The van der Waals surface area contributed by atoms with E-state index in [9.17, 15) is 0 Å². The molecule has 1 atom stereocenters. The molecule has 0 fully saturated rings. The summed E-state index contributed by atoms with van der Waals surface area (Å²) in [4.78, 5) is 3.04. The Morgan fingerprint density at radius 3 is 2.50 bits per heavy atom. The summed E-state index contributed by atoms with van der Waals surface area (Å²) in [5.41, 5.74) is 0. The zero-order valence-electron chi connectivity index (χ0n) is 12.2. The van der Waals surface area contributed by atoms with E-state index in [1.54, 1.807) is 0 Å². The Morgan fingerprint density at radius 1 is 1.22 bits per heavy atom. The summed E-state index contributed by atoms with van der Waals surface area (Å²) in [6.07, 6.45) is 3.57. The van der Waals surface area contributed by atoms with Gasteiger partial charge in [-0.15, -0.1) is 11.3 Å². The molecule has 0 radical (unpaired) electrons. The van der Waals surface area contributed by atoms with Crippen LogP contribution in [-0.2, 0) is 12.8 Å². The highest BCUT2D eigenvalue weighted by Crippen LogP contribution is 2.20. The maximum Gasteiger partial charge on any atom is 0.0206 e. The van der Waals surface area contributed by atoms with Gasteiger partial charge in [0.15, 0.2) is 0 Å². The highest BCUT2D eigenvalue weighted by Gasteiger charge is 2.11. The van der Waals surface area contributed by atoms with Crippen LogP contribution in [0.2, 0.25) is 0 Å². The molecule has 0 saturated carbocycles. The van der Waals surface area contributed by atoms with Gasteiger partial charge in [-0.3, -0.25) is 0 Å². The molecule has 0 aliphatic carbocycles. The smallest absolute Gasteiger partial charge is 0.0206 e. The molecule has 1 aromatic rings. The third kappa shape index (κ3) is 6.26. The van der Waals surface area contributed by atoms with E-state index in [1.807, 2.05) is 11.3 Å². The third-order valence-electron chi connectivity index (χ3n) is 2.83. The van der Waals surface area contributed by atoms with Crippen molar-refractivity contribution in [2.45, 2.75) is 58.2 Å². The van der Waals surface area contributed by atoms with Gasteiger partial charge in [0.25, 0.3) is 0 Å². The maximum absolute atomic E-state index is 3.69. The number of hydrogen-bond donors (Lipinski definition) is 1. The van der Waals surface area contributed by atoms with Crippen LogP contribution in [0.25, 0.3) is 0 Å². The summed E-state index contributed by atoms with van der Waals surface area (Å²) in [6, 6.07) is 5.22. The van der Waals surface area contributed by atoms with Crippen molar-refractivity contribution in [2.75, 3.05) is 12.3 Å². The highest BCUT2D eigenvalue weighted by atomic mass is 32.2. The van der Waals surface area contributed by atoms with Crippen molar-refractivity contribution >= 4 is 23.1 Å². The van der Waals surface area contributed by atoms with Crippen LogP contribution in [-0.4, -0.2) is 23.6 Å². The van der Waals surface area contributed by atoms with Crippen molar-refractivity contribution in [1.82, 2.24) is 5.32 Å². The van der Waals surface area contributed by atoms with Crippen molar-refractivity contribution in [1.29, 1.82) is 0 Å². The fraction of sp³-hybridized carbons (Fsp3) is 0.733. The predicted octanol–water partition coefficient (Wildman–Crippen LogP) is 4.36. The van der Waals surface area contributed by atoms with E-state index in [1.165, 1.54) is 34.8 Å². The number of aryl methyl sites for hydroxylation is 1. The van der Waals surface area contributed by atoms with E-state index >= 15 is 0 Å². The summed E-state index contributed by atoms with van der Waals surface area (Å²) in [5, 5.41) is 4.41. The zero-order valence-corrected chi connectivity index (χ0v) is 13.8. The molecule has 1 rings (SSSR count). The fourth-order valence-corrected chi connectivity index (χ4v) is 3.70. The molecule has 1 N–H and O–H groups in total. The number of rotatable bonds is 9. The average Bonchev–Trinajstić information content (AvgIpc) is 2.80. The van der Waals surface area contributed by atoms with Gasteiger partial charge in [-0.1, -0.05) is 27.7 Å². The number of thiophene rings is 1.